The van der Waals surface area contributed by atoms with E-state index in [-0.39, 0.29) is 12.1 Å². The number of halogens is 4. The van der Waals surface area contributed by atoms with E-state index < -0.39 is 30.1 Å². The molecule has 2 atom stereocenters. The molecule has 8 heteroatoms. The van der Waals surface area contributed by atoms with Crippen LogP contribution in [0.25, 0.3) is 0 Å². The van der Waals surface area contributed by atoms with Crippen molar-refractivity contribution >= 4 is 0 Å². The van der Waals surface area contributed by atoms with Crippen molar-refractivity contribution in [2.75, 3.05) is 13.6 Å². The highest BCUT2D eigenvalue weighted by Crippen LogP contribution is 2.27. The topological polar surface area (TPSA) is 61.7 Å². The summed E-state index contributed by atoms with van der Waals surface area (Å²) in [6, 6.07) is 2.29. The average Bonchev–Trinajstić information content (AvgIpc) is 2.26. The first kappa shape index (κ1) is 15.7. The van der Waals surface area contributed by atoms with Crippen LogP contribution in [0.1, 0.15) is 11.7 Å². The highest BCUT2D eigenvalue weighted by Gasteiger charge is 2.31. The Kier molecular flexibility index (Phi) is 5.10. The summed E-state index contributed by atoms with van der Waals surface area (Å²) in [5, 5.41) is 21.7. The quantitative estimate of drug-likeness (QED) is 0.714. The summed E-state index contributed by atoms with van der Waals surface area (Å²) < 4.78 is 52.8. The number of hydrogen-bond acceptors (Lipinski definition) is 4. The largest absolute Gasteiger partial charge is 0.573 e. The van der Waals surface area contributed by atoms with Gasteiger partial charge in [-0.15, -0.1) is 13.2 Å². The maximum atomic E-state index is 13.5. The van der Waals surface area contributed by atoms with Crippen molar-refractivity contribution in [1.82, 2.24) is 5.32 Å². The predicted octanol–water partition coefficient (Wildman–Crippen LogP) is 1.34. The fraction of sp³-hybridized carbons (Fsp3) is 0.455. The van der Waals surface area contributed by atoms with Crippen LogP contribution in [0.5, 0.6) is 5.75 Å². The van der Waals surface area contributed by atoms with Gasteiger partial charge in [-0.25, -0.2) is 4.39 Å². The highest BCUT2D eigenvalue weighted by molar-refractivity contribution is 5.30. The summed E-state index contributed by atoms with van der Waals surface area (Å²) in [6.45, 7) is 0.00140. The van der Waals surface area contributed by atoms with Crippen molar-refractivity contribution in [3.05, 3.63) is 29.6 Å². The minimum atomic E-state index is -4.92. The maximum absolute atomic E-state index is 13.5. The lowest BCUT2D eigenvalue weighted by Crippen LogP contribution is -2.30. The summed E-state index contributed by atoms with van der Waals surface area (Å²) in [4.78, 5) is 0. The lowest BCUT2D eigenvalue weighted by molar-refractivity contribution is -0.274. The molecule has 0 heterocycles. The van der Waals surface area contributed by atoms with Crippen LogP contribution in [0, 0.1) is 5.82 Å². The van der Waals surface area contributed by atoms with Gasteiger partial charge in [0, 0.05) is 18.2 Å². The van der Waals surface area contributed by atoms with Crippen LogP contribution in [0.3, 0.4) is 0 Å². The molecule has 1 aromatic carbocycles. The Morgan fingerprint density at radius 1 is 1.32 bits per heavy atom. The Hall–Kier alpha value is -1.38. The number of hydrogen-bond donors (Lipinski definition) is 3. The first-order valence-corrected chi connectivity index (χ1v) is 5.30. The van der Waals surface area contributed by atoms with Crippen molar-refractivity contribution in [3.63, 3.8) is 0 Å². The summed E-state index contributed by atoms with van der Waals surface area (Å²) in [5.41, 5.74) is -0.308. The van der Waals surface area contributed by atoms with E-state index >= 15 is 0 Å². The molecule has 1 aromatic rings. The third kappa shape index (κ3) is 4.66. The fourth-order valence-corrected chi connectivity index (χ4v) is 1.47. The molecule has 0 aliphatic carbocycles. The molecule has 1 rings (SSSR count). The zero-order chi connectivity index (χ0) is 14.6. The highest BCUT2D eigenvalue weighted by atomic mass is 19.4. The number of ether oxygens (including phenoxy) is 1. The van der Waals surface area contributed by atoms with Gasteiger partial charge in [-0.3, -0.25) is 0 Å². The van der Waals surface area contributed by atoms with Gasteiger partial charge < -0.3 is 20.3 Å². The number of rotatable bonds is 5. The summed E-state index contributed by atoms with van der Waals surface area (Å²) in [7, 11) is 1.52. The third-order valence-electron chi connectivity index (χ3n) is 2.30. The van der Waals surface area contributed by atoms with Crippen molar-refractivity contribution in [2.24, 2.45) is 0 Å². The molecule has 4 nitrogen and oxygen atoms in total. The molecular formula is C11H13F4NO3. The fourth-order valence-electron chi connectivity index (χ4n) is 1.47. The molecule has 0 fully saturated rings. The van der Waals surface area contributed by atoms with Gasteiger partial charge in [-0.2, -0.15) is 0 Å². The van der Waals surface area contributed by atoms with E-state index in [1.54, 1.807) is 0 Å². The van der Waals surface area contributed by atoms with Gasteiger partial charge in [0.1, 0.15) is 17.7 Å². The maximum Gasteiger partial charge on any atom is 0.573 e. The first-order chi connectivity index (χ1) is 8.74. The van der Waals surface area contributed by atoms with Crippen molar-refractivity contribution in [3.8, 4) is 5.75 Å². The second kappa shape index (κ2) is 6.18. The van der Waals surface area contributed by atoms with E-state index in [9.17, 15) is 27.8 Å². The molecule has 0 amide bonds. The number of aliphatic hydroxyl groups is 2. The average molecular weight is 283 g/mol. The van der Waals surface area contributed by atoms with Crippen LogP contribution in [-0.4, -0.2) is 36.3 Å². The Labute approximate surface area is 106 Å². The molecule has 0 radical (unpaired) electrons. The molecular weight excluding hydrogens is 270 g/mol. The van der Waals surface area contributed by atoms with Gasteiger partial charge in [0.05, 0.1) is 6.10 Å². The Morgan fingerprint density at radius 3 is 2.42 bits per heavy atom. The van der Waals surface area contributed by atoms with E-state index in [4.69, 9.17) is 0 Å². The molecule has 0 spiro atoms. The zero-order valence-electron chi connectivity index (χ0n) is 9.91. The van der Waals surface area contributed by atoms with Crippen LogP contribution in [-0.2, 0) is 0 Å². The SMILES string of the molecule is CNCC(O)C(O)c1ccc(OC(F)(F)F)cc1F. The number of nitrogens with one attached hydrogen (secondary N) is 1. The number of alkyl halides is 3. The van der Waals surface area contributed by atoms with E-state index in [1.165, 1.54) is 7.05 Å². The summed E-state index contributed by atoms with van der Waals surface area (Å²) >= 11 is 0. The molecule has 0 aliphatic rings. The van der Waals surface area contributed by atoms with E-state index in [0.29, 0.717) is 6.07 Å². The Bertz CT molecular complexity index is 425. The van der Waals surface area contributed by atoms with Crippen molar-refractivity contribution in [2.45, 2.75) is 18.6 Å². The van der Waals surface area contributed by atoms with Gasteiger partial charge in [-0.05, 0) is 19.2 Å². The van der Waals surface area contributed by atoms with E-state index in [2.05, 4.69) is 10.1 Å². The van der Waals surface area contributed by atoms with E-state index in [0.717, 1.165) is 12.1 Å². The van der Waals surface area contributed by atoms with Crippen LogP contribution in [0.2, 0.25) is 0 Å². The molecule has 108 valence electrons. The number of aliphatic hydroxyl groups excluding tert-OH is 2. The summed E-state index contributed by atoms with van der Waals surface area (Å²) in [5.74, 6) is -1.83. The normalized spacial score (nSPS) is 15.1. The second-order valence-electron chi connectivity index (χ2n) is 3.80. The lowest BCUT2D eigenvalue weighted by Gasteiger charge is -2.19. The molecule has 2 unspecified atom stereocenters. The van der Waals surface area contributed by atoms with Gasteiger partial charge >= 0.3 is 6.36 Å². The Balaban J connectivity index is 2.88. The van der Waals surface area contributed by atoms with Crippen LogP contribution >= 0.6 is 0 Å². The monoisotopic (exact) mass is 283 g/mol. The summed E-state index contributed by atoms with van der Waals surface area (Å²) in [6.07, 6.45) is -7.75. The van der Waals surface area contributed by atoms with Crippen molar-refractivity contribution < 1.29 is 32.5 Å². The lowest BCUT2D eigenvalue weighted by atomic mass is 10.0. The number of benzene rings is 1. The van der Waals surface area contributed by atoms with Crippen LogP contribution in [0.4, 0.5) is 17.6 Å². The standard InChI is InChI=1S/C11H13F4NO3/c1-16-5-9(17)10(18)7-3-2-6(4-8(7)12)19-11(13,14)15/h2-4,9-10,16-18H,5H2,1H3. The molecule has 0 bridgehead atoms. The number of likely N-dealkylation sites (N-methyl/N-ethyl adjacent to an activating group) is 1. The molecule has 0 saturated heterocycles. The molecule has 19 heavy (non-hydrogen) atoms. The minimum Gasteiger partial charge on any atom is -0.406 e. The molecule has 3 N–H and O–H groups in total. The van der Waals surface area contributed by atoms with Gasteiger partial charge in [0.2, 0.25) is 0 Å². The van der Waals surface area contributed by atoms with Crippen LogP contribution < -0.4 is 10.1 Å². The van der Waals surface area contributed by atoms with Gasteiger partial charge in [0.15, 0.2) is 0 Å². The van der Waals surface area contributed by atoms with Gasteiger partial charge in [0.25, 0.3) is 0 Å². The minimum absolute atomic E-state index is 0.00140. The third-order valence-corrected chi connectivity index (χ3v) is 2.30. The molecule has 0 aliphatic heterocycles. The molecule has 0 aromatic heterocycles. The Morgan fingerprint density at radius 2 is 1.95 bits per heavy atom. The predicted molar refractivity (Wildman–Crippen MR) is 58.0 cm³/mol. The van der Waals surface area contributed by atoms with Gasteiger partial charge in [-0.1, -0.05) is 0 Å². The molecule has 0 saturated carbocycles. The second-order valence-corrected chi connectivity index (χ2v) is 3.80. The zero-order valence-corrected chi connectivity index (χ0v) is 9.91. The van der Waals surface area contributed by atoms with Crippen molar-refractivity contribution in [1.29, 1.82) is 0 Å². The first-order valence-electron chi connectivity index (χ1n) is 5.30. The smallest absolute Gasteiger partial charge is 0.406 e. The van der Waals surface area contributed by atoms with E-state index in [1.807, 2.05) is 0 Å². The van der Waals surface area contributed by atoms with Crippen LogP contribution in [0.15, 0.2) is 18.2 Å².